The molecule has 1 aromatic carbocycles. The average Bonchev–Trinajstić information content (AvgIpc) is 2.58. The highest BCUT2D eigenvalue weighted by atomic mass is 35.5. The first kappa shape index (κ1) is 12.3. The molecule has 0 saturated carbocycles. The number of hydrogen-bond acceptors (Lipinski definition) is 2. The van der Waals surface area contributed by atoms with Crippen molar-refractivity contribution in [1.82, 2.24) is 5.06 Å². The first-order chi connectivity index (χ1) is 7.97. The maximum atomic E-state index is 12.3. The van der Waals surface area contributed by atoms with E-state index in [-0.39, 0.29) is 5.03 Å². The summed E-state index contributed by atoms with van der Waals surface area (Å²) in [6, 6.07) is 7.98. The second-order valence-electron chi connectivity index (χ2n) is 3.61. The fourth-order valence-corrected chi connectivity index (χ4v) is 1.92. The van der Waals surface area contributed by atoms with Crippen LogP contribution in [0.1, 0.15) is 11.6 Å². The third kappa shape index (κ3) is 2.92. The van der Waals surface area contributed by atoms with Crippen molar-refractivity contribution < 1.29 is 18.0 Å². The van der Waals surface area contributed by atoms with Gasteiger partial charge in [0, 0.05) is 0 Å². The molecule has 1 aliphatic rings. The molecular formula is C11H9ClF3NO. The molecule has 1 aliphatic heterocycles. The average molecular weight is 264 g/mol. The van der Waals surface area contributed by atoms with E-state index >= 15 is 0 Å². The number of nitrogens with zero attached hydrogens (tertiary/aromatic N) is 1. The standard InChI is InChI=1S/C11H9ClF3NO/c12-9-6-17-16(7-11(13,14)15)10(9)8-4-2-1-3-5-8/h1-6,10H,7H2. The number of benzene rings is 1. The van der Waals surface area contributed by atoms with Crippen LogP contribution in [0.3, 0.4) is 0 Å². The molecule has 1 unspecified atom stereocenters. The Morgan fingerprint density at radius 2 is 1.88 bits per heavy atom. The van der Waals surface area contributed by atoms with E-state index in [0.29, 0.717) is 5.56 Å². The molecular weight excluding hydrogens is 255 g/mol. The molecule has 92 valence electrons. The van der Waals surface area contributed by atoms with Gasteiger partial charge in [0.1, 0.15) is 18.8 Å². The summed E-state index contributed by atoms with van der Waals surface area (Å²) in [5, 5.41) is 1.05. The molecule has 2 rings (SSSR count). The first-order valence-electron chi connectivity index (χ1n) is 4.88. The Labute approximate surface area is 101 Å². The minimum absolute atomic E-state index is 0.237. The van der Waals surface area contributed by atoms with Crippen molar-refractivity contribution in [2.24, 2.45) is 0 Å². The Balaban J connectivity index is 2.21. The van der Waals surface area contributed by atoms with Crippen LogP contribution < -0.4 is 0 Å². The zero-order chi connectivity index (χ0) is 12.5. The summed E-state index contributed by atoms with van der Waals surface area (Å²) in [5.74, 6) is 0. The number of halogens is 4. The SMILES string of the molecule is FC(F)(F)CN1OC=C(Cl)C1c1ccccc1. The summed E-state index contributed by atoms with van der Waals surface area (Å²) in [4.78, 5) is 4.83. The molecule has 0 bridgehead atoms. The van der Waals surface area contributed by atoms with E-state index in [9.17, 15) is 13.2 Å². The molecule has 0 aliphatic carbocycles. The number of hydroxylamine groups is 2. The van der Waals surface area contributed by atoms with E-state index in [0.717, 1.165) is 11.3 Å². The lowest BCUT2D eigenvalue weighted by Gasteiger charge is -2.24. The first-order valence-corrected chi connectivity index (χ1v) is 5.26. The molecule has 0 radical (unpaired) electrons. The van der Waals surface area contributed by atoms with Gasteiger partial charge in [0.05, 0.1) is 5.03 Å². The monoisotopic (exact) mass is 263 g/mol. The van der Waals surface area contributed by atoms with Crippen molar-refractivity contribution >= 4 is 11.6 Å². The van der Waals surface area contributed by atoms with E-state index < -0.39 is 18.8 Å². The summed E-state index contributed by atoms with van der Waals surface area (Å²) in [6.45, 7) is -1.17. The molecule has 0 amide bonds. The molecule has 2 nitrogen and oxygen atoms in total. The predicted molar refractivity (Wildman–Crippen MR) is 57.0 cm³/mol. The predicted octanol–water partition coefficient (Wildman–Crippen LogP) is 3.62. The molecule has 0 saturated heterocycles. The van der Waals surface area contributed by atoms with Gasteiger partial charge >= 0.3 is 6.18 Å². The van der Waals surface area contributed by atoms with Crippen LogP contribution in [-0.4, -0.2) is 17.8 Å². The summed E-state index contributed by atoms with van der Waals surface area (Å²) in [5.41, 5.74) is 0.663. The Hall–Kier alpha value is -1.20. The number of rotatable bonds is 2. The zero-order valence-electron chi connectivity index (χ0n) is 8.62. The van der Waals surface area contributed by atoms with Crippen molar-refractivity contribution in [3.05, 3.63) is 47.2 Å². The van der Waals surface area contributed by atoms with Crippen LogP contribution in [0.4, 0.5) is 13.2 Å². The molecule has 0 fully saturated rings. The van der Waals surface area contributed by atoms with Gasteiger partial charge in [-0.3, -0.25) is 0 Å². The third-order valence-corrected chi connectivity index (χ3v) is 2.60. The van der Waals surface area contributed by atoms with Crippen LogP contribution in [0, 0.1) is 0 Å². The molecule has 0 spiro atoms. The zero-order valence-corrected chi connectivity index (χ0v) is 9.37. The minimum Gasteiger partial charge on any atom is -0.411 e. The maximum Gasteiger partial charge on any atom is 0.404 e. The van der Waals surface area contributed by atoms with Crippen molar-refractivity contribution in [3.8, 4) is 0 Å². The van der Waals surface area contributed by atoms with E-state index in [1.165, 1.54) is 0 Å². The van der Waals surface area contributed by atoms with Crippen LogP contribution in [0.5, 0.6) is 0 Å². The van der Waals surface area contributed by atoms with Gasteiger partial charge < -0.3 is 4.84 Å². The van der Waals surface area contributed by atoms with E-state index in [4.69, 9.17) is 16.4 Å². The van der Waals surface area contributed by atoms with Crippen LogP contribution in [-0.2, 0) is 4.84 Å². The Bertz CT molecular complexity index is 418. The van der Waals surface area contributed by atoms with Gasteiger partial charge in [0.25, 0.3) is 0 Å². The van der Waals surface area contributed by atoms with Crippen molar-refractivity contribution in [2.75, 3.05) is 6.54 Å². The molecule has 6 heteroatoms. The molecule has 1 aromatic rings. The number of alkyl halides is 3. The minimum atomic E-state index is -4.33. The van der Waals surface area contributed by atoms with E-state index in [2.05, 4.69) is 0 Å². The summed E-state index contributed by atoms with van der Waals surface area (Å²) in [7, 11) is 0. The van der Waals surface area contributed by atoms with Gasteiger partial charge in [0.15, 0.2) is 0 Å². The Kier molecular flexibility index (Phi) is 3.31. The van der Waals surface area contributed by atoms with Gasteiger partial charge in [-0.25, -0.2) is 0 Å². The lowest BCUT2D eigenvalue weighted by molar-refractivity contribution is -0.213. The quantitative estimate of drug-likeness (QED) is 0.808. The van der Waals surface area contributed by atoms with Crippen LogP contribution in [0.2, 0.25) is 0 Å². The van der Waals surface area contributed by atoms with Crippen molar-refractivity contribution in [3.63, 3.8) is 0 Å². The second-order valence-corrected chi connectivity index (χ2v) is 4.05. The van der Waals surface area contributed by atoms with Crippen LogP contribution in [0.25, 0.3) is 0 Å². The fourth-order valence-electron chi connectivity index (χ4n) is 1.65. The topological polar surface area (TPSA) is 12.5 Å². The van der Waals surface area contributed by atoms with Gasteiger partial charge in [-0.15, -0.1) is 5.06 Å². The molecule has 0 N–H and O–H groups in total. The van der Waals surface area contributed by atoms with Gasteiger partial charge in [0.2, 0.25) is 0 Å². The third-order valence-electron chi connectivity index (χ3n) is 2.30. The molecule has 17 heavy (non-hydrogen) atoms. The van der Waals surface area contributed by atoms with Crippen LogP contribution >= 0.6 is 11.6 Å². The van der Waals surface area contributed by atoms with E-state index in [1.54, 1.807) is 30.3 Å². The second kappa shape index (κ2) is 4.58. The summed E-state index contributed by atoms with van der Waals surface area (Å²) < 4.78 is 37.0. The molecule has 1 heterocycles. The van der Waals surface area contributed by atoms with E-state index in [1.807, 2.05) is 0 Å². The van der Waals surface area contributed by atoms with Gasteiger partial charge in [-0.2, -0.15) is 13.2 Å². The highest BCUT2D eigenvalue weighted by Crippen LogP contribution is 2.37. The largest absolute Gasteiger partial charge is 0.411 e. The van der Waals surface area contributed by atoms with Crippen molar-refractivity contribution in [1.29, 1.82) is 0 Å². The lowest BCUT2D eigenvalue weighted by Crippen LogP contribution is -2.33. The highest BCUT2D eigenvalue weighted by molar-refractivity contribution is 6.30. The molecule has 1 atom stereocenters. The lowest BCUT2D eigenvalue weighted by atomic mass is 10.1. The van der Waals surface area contributed by atoms with Gasteiger partial charge in [-0.1, -0.05) is 41.9 Å². The Morgan fingerprint density at radius 1 is 1.24 bits per heavy atom. The van der Waals surface area contributed by atoms with Gasteiger partial charge in [-0.05, 0) is 5.56 Å². The normalized spacial score (nSPS) is 21.2. The smallest absolute Gasteiger partial charge is 0.404 e. The Morgan fingerprint density at radius 3 is 2.47 bits per heavy atom. The van der Waals surface area contributed by atoms with Crippen LogP contribution in [0.15, 0.2) is 41.6 Å². The molecule has 0 aromatic heterocycles. The summed E-state index contributed by atoms with van der Waals surface area (Å²) >= 11 is 5.86. The van der Waals surface area contributed by atoms with Crippen molar-refractivity contribution in [2.45, 2.75) is 12.2 Å². The highest BCUT2D eigenvalue weighted by Gasteiger charge is 2.39. The number of hydrogen-bond donors (Lipinski definition) is 0. The summed E-state index contributed by atoms with van der Waals surface area (Å²) in [6.07, 6.45) is -3.20. The fraction of sp³-hybridized carbons (Fsp3) is 0.273. The maximum absolute atomic E-state index is 12.3.